The van der Waals surface area contributed by atoms with E-state index in [2.05, 4.69) is 10.7 Å². The summed E-state index contributed by atoms with van der Waals surface area (Å²) in [4.78, 5) is 11.2. The maximum atomic E-state index is 13.0. The van der Waals surface area contributed by atoms with Gasteiger partial charge in [0.15, 0.2) is 0 Å². The van der Waals surface area contributed by atoms with Crippen molar-refractivity contribution in [1.29, 1.82) is 0 Å². The van der Waals surface area contributed by atoms with Gasteiger partial charge in [-0.2, -0.15) is 0 Å². The Labute approximate surface area is 74.9 Å². The largest absolute Gasteiger partial charge is 0.355 e. The molecule has 4 N–H and O–H groups in total. The monoisotopic (exact) mass is 183 g/mol. The van der Waals surface area contributed by atoms with E-state index >= 15 is 0 Å². The molecule has 0 bridgehead atoms. The number of halogens is 1. The Kier molecular flexibility index (Phi) is 2.81. The highest BCUT2D eigenvalue weighted by molar-refractivity contribution is 5.99. The number of hydrogen-bond donors (Lipinski definition) is 3. The fourth-order valence-corrected chi connectivity index (χ4v) is 0.995. The van der Waals surface area contributed by atoms with Gasteiger partial charge in [-0.1, -0.05) is 6.07 Å². The maximum Gasteiger partial charge on any atom is 0.253 e. The van der Waals surface area contributed by atoms with Crippen LogP contribution in [0.3, 0.4) is 0 Å². The number of hydrogen-bond acceptors (Lipinski definition) is 3. The Morgan fingerprint density at radius 3 is 2.77 bits per heavy atom. The first-order valence-electron chi connectivity index (χ1n) is 3.68. The van der Waals surface area contributed by atoms with Crippen LogP contribution in [0.5, 0.6) is 0 Å². The number of benzene rings is 1. The van der Waals surface area contributed by atoms with Crippen LogP contribution in [-0.4, -0.2) is 13.0 Å². The van der Waals surface area contributed by atoms with Gasteiger partial charge in [-0.25, -0.2) is 4.39 Å². The normalized spacial score (nSPS) is 9.46. The fraction of sp³-hybridized carbons (Fsp3) is 0.125. The van der Waals surface area contributed by atoms with E-state index in [1.807, 2.05) is 0 Å². The van der Waals surface area contributed by atoms with Gasteiger partial charge in [0, 0.05) is 7.05 Å². The molecule has 1 aromatic carbocycles. The summed E-state index contributed by atoms with van der Waals surface area (Å²) < 4.78 is 13.0. The summed E-state index contributed by atoms with van der Waals surface area (Å²) in [7, 11) is 1.47. The molecule has 13 heavy (non-hydrogen) atoms. The van der Waals surface area contributed by atoms with Gasteiger partial charge >= 0.3 is 0 Å². The lowest BCUT2D eigenvalue weighted by atomic mass is 10.1. The van der Waals surface area contributed by atoms with Gasteiger partial charge in [0.05, 0.1) is 11.3 Å². The molecule has 0 heterocycles. The van der Waals surface area contributed by atoms with Gasteiger partial charge in [-0.15, -0.1) is 0 Å². The maximum absolute atomic E-state index is 13.0. The van der Waals surface area contributed by atoms with E-state index in [1.54, 1.807) is 0 Å². The number of carbonyl (C=O) groups is 1. The van der Waals surface area contributed by atoms with Gasteiger partial charge < -0.3 is 10.7 Å². The quantitative estimate of drug-likeness (QED) is 0.461. The molecule has 0 fully saturated rings. The molecule has 4 nitrogen and oxygen atoms in total. The molecule has 70 valence electrons. The summed E-state index contributed by atoms with van der Waals surface area (Å²) in [5, 5.41) is 2.38. The van der Waals surface area contributed by atoms with Crippen molar-refractivity contribution in [3.63, 3.8) is 0 Å². The minimum Gasteiger partial charge on any atom is -0.355 e. The Balaban J connectivity index is 3.20. The number of para-hydroxylation sites is 1. The lowest BCUT2D eigenvalue weighted by Gasteiger charge is -2.07. The smallest absolute Gasteiger partial charge is 0.253 e. The molecule has 0 radical (unpaired) electrons. The molecular weight excluding hydrogens is 173 g/mol. The molecular formula is C8H10FN3O. The highest BCUT2D eigenvalue weighted by atomic mass is 19.1. The van der Waals surface area contributed by atoms with E-state index < -0.39 is 5.82 Å². The van der Waals surface area contributed by atoms with Crippen molar-refractivity contribution in [1.82, 2.24) is 5.32 Å². The highest BCUT2D eigenvalue weighted by Gasteiger charge is 2.12. The second-order valence-electron chi connectivity index (χ2n) is 2.39. The summed E-state index contributed by atoms with van der Waals surface area (Å²) in [6.45, 7) is 0. The average Bonchev–Trinajstić information content (AvgIpc) is 2.16. The SMILES string of the molecule is CNC(=O)c1cccc(F)c1NN. The Morgan fingerprint density at radius 1 is 1.54 bits per heavy atom. The van der Waals surface area contributed by atoms with Gasteiger partial charge in [-0.3, -0.25) is 10.6 Å². The van der Waals surface area contributed by atoms with Crippen molar-refractivity contribution >= 4 is 11.6 Å². The van der Waals surface area contributed by atoms with Crippen molar-refractivity contribution in [3.8, 4) is 0 Å². The molecule has 1 rings (SSSR count). The number of nitrogens with one attached hydrogen (secondary N) is 2. The molecule has 0 saturated heterocycles. The molecule has 1 amide bonds. The molecule has 0 aliphatic heterocycles. The highest BCUT2D eigenvalue weighted by Crippen LogP contribution is 2.17. The van der Waals surface area contributed by atoms with Crippen molar-refractivity contribution in [2.24, 2.45) is 5.84 Å². The standard InChI is InChI=1S/C8H10FN3O/c1-11-8(13)5-3-2-4-6(9)7(5)12-10/h2-4,12H,10H2,1H3,(H,11,13). The number of anilines is 1. The third-order valence-electron chi connectivity index (χ3n) is 1.63. The molecule has 0 aromatic heterocycles. The van der Waals surface area contributed by atoms with Crippen molar-refractivity contribution < 1.29 is 9.18 Å². The van der Waals surface area contributed by atoms with E-state index in [9.17, 15) is 9.18 Å². The Hall–Kier alpha value is -1.62. The van der Waals surface area contributed by atoms with Gasteiger partial charge in [-0.05, 0) is 12.1 Å². The first kappa shape index (κ1) is 9.47. The van der Waals surface area contributed by atoms with Crippen LogP contribution in [0.1, 0.15) is 10.4 Å². The third-order valence-corrected chi connectivity index (χ3v) is 1.63. The second-order valence-corrected chi connectivity index (χ2v) is 2.39. The fourth-order valence-electron chi connectivity index (χ4n) is 0.995. The zero-order chi connectivity index (χ0) is 9.84. The number of carbonyl (C=O) groups excluding carboxylic acids is 1. The van der Waals surface area contributed by atoms with Gasteiger partial charge in [0.25, 0.3) is 5.91 Å². The van der Waals surface area contributed by atoms with Crippen LogP contribution in [0, 0.1) is 5.82 Å². The summed E-state index contributed by atoms with van der Waals surface area (Å²) >= 11 is 0. The third kappa shape index (κ3) is 1.75. The van der Waals surface area contributed by atoms with Gasteiger partial charge in [0.2, 0.25) is 0 Å². The van der Waals surface area contributed by atoms with Crippen molar-refractivity contribution in [2.45, 2.75) is 0 Å². The van der Waals surface area contributed by atoms with E-state index in [1.165, 1.54) is 25.2 Å². The lowest BCUT2D eigenvalue weighted by Crippen LogP contribution is -2.21. The van der Waals surface area contributed by atoms with E-state index in [0.717, 1.165) is 0 Å². The number of rotatable bonds is 2. The molecule has 0 atom stereocenters. The van der Waals surface area contributed by atoms with Crippen LogP contribution >= 0.6 is 0 Å². The Morgan fingerprint density at radius 2 is 2.23 bits per heavy atom. The molecule has 0 aliphatic carbocycles. The van der Waals surface area contributed by atoms with Crippen LogP contribution in [0.15, 0.2) is 18.2 Å². The topological polar surface area (TPSA) is 67.2 Å². The zero-order valence-electron chi connectivity index (χ0n) is 7.10. The molecule has 1 aromatic rings. The van der Waals surface area contributed by atoms with Crippen LogP contribution in [0.2, 0.25) is 0 Å². The first-order valence-corrected chi connectivity index (χ1v) is 3.68. The van der Waals surface area contributed by atoms with Crippen LogP contribution < -0.4 is 16.6 Å². The minimum atomic E-state index is -0.552. The summed E-state index contributed by atoms with van der Waals surface area (Å²) in [5.41, 5.74) is 2.33. The van der Waals surface area contributed by atoms with Crippen LogP contribution in [0.25, 0.3) is 0 Å². The van der Waals surface area contributed by atoms with Crippen molar-refractivity contribution in [3.05, 3.63) is 29.6 Å². The number of amides is 1. The summed E-state index contributed by atoms with van der Waals surface area (Å²) in [6, 6.07) is 4.15. The van der Waals surface area contributed by atoms with E-state index in [-0.39, 0.29) is 17.2 Å². The summed E-state index contributed by atoms with van der Waals surface area (Å²) in [6.07, 6.45) is 0. The van der Waals surface area contributed by atoms with Crippen LogP contribution in [-0.2, 0) is 0 Å². The average molecular weight is 183 g/mol. The first-order chi connectivity index (χ1) is 6.20. The molecule has 0 unspecified atom stereocenters. The minimum absolute atomic E-state index is 0.00171. The van der Waals surface area contributed by atoms with E-state index in [0.29, 0.717) is 0 Å². The number of nitrogen functional groups attached to an aromatic ring is 1. The predicted octanol–water partition coefficient (Wildman–Crippen LogP) is 0.471. The molecule has 5 heteroatoms. The lowest BCUT2D eigenvalue weighted by molar-refractivity contribution is 0.0963. The molecule has 0 aliphatic rings. The van der Waals surface area contributed by atoms with Crippen LogP contribution in [0.4, 0.5) is 10.1 Å². The number of hydrazine groups is 1. The predicted molar refractivity (Wildman–Crippen MR) is 47.6 cm³/mol. The van der Waals surface area contributed by atoms with Crippen molar-refractivity contribution in [2.75, 3.05) is 12.5 Å². The Bertz CT molecular complexity index is 327. The van der Waals surface area contributed by atoms with E-state index in [4.69, 9.17) is 5.84 Å². The zero-order valence-corrected chi connectivity index (χ0v) is 7.10. The summed E-state index contributed by atoms with van der Waals surface area (Å²) in [5.74, 6) is 4.14. The molecule has 0 saturated carbocycles. The number of nitrogens with two attached hydrogens (primary N) is 1. The second kappa shape index (κ2) is 3.86. The molecule has 0 spiro atoms. The van der Waals surface area contributed by atoms with Gasteiger partial charge in [0.1, 0.15) is 5.82 Å².